The fourth-order valence-corrected chi connectivity index (χ4v) is 3.61. The second-order valence-corrected chi connectivity index (χ2v) is 7.28. The molecule has 0 fully saturated rings. The van der Waals surface area contributed by atoms with E-state index in [9.17, 15) is 9.59 Å². The highest BCUT2D eigenvalue weighted by Gasteiger charge is 2.30. The minimum atomic E-state index is -0.186. The van der Waals surface area contributed by atoms with Crippen molar-refractivity contribution in [1.29, 1.82) is 0 Å². The summed E-state index contributed by atoms with van der Waals surface area (Å²) in [6, 6.07) is 9.74. The van der Waals surface area contributed by atoms with Crippen molar-refractivity contribution in [3.8, 4) is 11.5 Å². The van der Waals surface area contributed by atoms with Crippen molar-refractivity contribution in [3.05, 3.63) is 47.0 Å². The van der Waals surface area contributed by atoms with Gasteiger partial charge < -0.3 is 20.1 Å². The van der Waals surface area contributed by atoms with Gasteiger partial charge in [-0.25, -0.2) is 0 Å². The van der Waals surface area contributed by atoms with Gasteiger partial charge >= 0.3 is 0 Å². The van der Waals surface area contributed by atoms with Crippen LogP contribution in [0.1, 0.15) is 55.7 Å². The number of hydrogen-bond acceptors (Lipinski definition) is 4. The van der Waals surface area contributed by atoms with Crippen molar-refractivity contribution in [3.63, 3.8) is 0 Å². The zero-order chi connectivity index (χ0) is 20.4. The van der Waals surface area contributed by atoms with Crippen molar-refractivity contribution >= 4 is 23.2 Å². The van der Waals surface area contributed by atoms with Crippen LogP contribution in [-0.4, -0.2) is 26.0 Å². The number of amides is 2. The first-order chi connectivity index (χ1) is 13.3. The van der Waals surface area contributed by atoms with Gasteiger partial charge in [0.1, 0.15) is 11.5 Å². The Morgan fingerprint density at radius 1 is 1.11 bits per heavy atom. The predicted octanol–water partition coefficient (Wildman–Crippen LogP) is 4.26. The highest BCUT2D eigenvalue weighted by molar-refractivity contribution is 5.98. The topological polar surface area (TPSA) is 76.7 Å². The van der Waals surface area contributed by atoms with Crippen LogP contribution >= 0.6 is 0 Å². The number of carbonyl (C=O) groups is 2. The van der Waals surface area contributed by atoms with Gasteiger partial charge in [0.25, 0.3) is 0 Å². The minimum absolute atomic E-state index is 0.0659. The van der Waals surface area contributed by atoms with Crippen LogP contribution in [0.15, 0.2) is 30.3 Å². The molecule has 6 heteroatoms. The molecular formula is C22H26N2O4. The average molecular weight is 382 g/mol. The number of rotatable bonds is 5. The van der Waals surface area contributed by atoms with Gasteiger partial charge in [-0.15, -0.1) is 0 Å². The summed E-state index contributed by atoms with van der Waals surface area (Å²) in [5.41, 5.74) is 4.32. The van der Waals surface area contributed by atoms with Gasteiger partial charge in [-0.2, -0.15) is 0 Å². The summed E-state index contributed by atoms with van der Waals surface area (Å²) in [4.78, 5) is 24.0. The first-order valence-electron chi connectivity index (χ1n) is 9.31. The monoisotopic (exact) mass is 382 g/mol. The normalized spacial score (nSPS) is 15.6. The zero-order valence-electron chi connectivity index (χ0n) is 16.9. The van der Waals surface area contributed by atoms with Crippen molar-refractivity contribution < 1.29 is 19.1 Å². The smallest absolute Gasteiger partial charge is 0.225 e. The van der Waals surface area contributed by atoms with E-state index >= 15 is 0 Å². The molecule has 0 aliphatic carbocycles. The first kappa shape index (κ1) is 19.7. The number of ether oxygens (including phenoxy) is 2. The summed E-state index contributed by atoms with van der Waals surface area (Å²) in [7, 11) is 3.17. The molecule has 0 spiro atoms. The van der Waals surface area contributed by atoms with Crippen LogP contribution in [0.3, 0.4) is 0 Å². The van der Waals surface area contributed by atoms with Crippen LogP contribution in [0.5, 0.6) is 11.5 Å². The summed E-state index contributed by atoms with van der Waals surface area (Å²) in [5, 5.41) is 5.73. The number of hydrogen-bond donors (Lipinski definition) is 2. The molecule has 0 radical (unpaired) electrons. The summed E-state index contributed by atoms with van der Waals surface area (Å²) >= 11 is 0. The third kappa shape index (κ3) is 3.81. The van der Waals surface area contributed by atoms with Gasteiger partial charge in [0.2, 0.25) is 11.8 Å². The van der Waals surface area contributed by atoms with Crippen LogP contribution in [0.2, 0.25) is 0 Å². The molecule has 0 aromatic heterocycles. The Morgan fingerprint density at radius 3 is 2.43 bits per heavy atom. The molecule has 3 rings (SSSR count). The lowest BCUT2D eigenvalue weighted by Gasteiger charge is -2.29. The summed E-state index contributed by atoms with van der Waals surface area (Å²) < 4.78 is 11.0. The molecule has 2 N–H and O–H groups in total. The van der Waals surface area contributed by atoms with Crippen LogP contribution in [0.4, 0.5) is 11.4 Å². The minimum Gasteiger partial charge on any atom is -0.496 e. The maximum absolute atomic E-state index is 12.4. The molecule has 0 unspecified atom stereocenters. The highest BCUT2D eigenvalue weighted by atomic mass is 16.5. The molecule has 28 heavy (non-hydrogen) atoms. The van der Waals surface area contributed by atoms with Crippen LogP contribution in [0.25, 0.3) is 0 Å². The zero-order valence-corrected chi connectivity index (χ0v) is 16.9. The number of fused-ring (bicyclic) bond motifs is 1. The maximum Gasteiger partial charge on any atom is 0.225 e. The lowest BCUT2D eigenvalue weighted by atomic mass is 9.82. The van der Waals surface area contributed by atoms with Crippen molar-refractivity contribution in [2.24, 2.45) is 0 Å². The summed E-state index contributed by atoms with van der Waals surface area (Å²) in [5.74, 6) is 1.16. The lowest BCUT2D eigenvalue weighted by molar-refractivity contribution is -0.117. The summed E-state index contributed by atoms with van der Waals surface area (Å²) in [6.45, 7) is 5.72. The number of nitrogens with one attached hydrogen (secondary N) is 2. The Balaban J connectivity index is 2.18. The van der Waals surface area contributed by atoms with E-state index in [-0.39, 0.29) is 17.7 Å². The van der Waals surface area contributed by atoms with E-state index in [1.165, 1.54) is 19.6 Å². The number of benzene rings is 2. The van der Waals surface area contributed by atoms with Gasteiger partial charge in [0.15, 0.2) is 0 Å². The van der Waals surface area contributed by atoms with Gasteiger partial charge in [-0.3, -0.25) is 9.59 Å². The Labute approximate surface area is 165 Å². The number of carbonyl (C=O) groups excluding carboxylic acids is 2. The molecule has 0 saturated carbocycles. The first-order valence-corrected chi connectivity index (χ1v) is 9.31. The Hall–Kier alpha value is -3.02. The molecule has 1 aliphatic rings. The molecule has 0 bridgehead atoms. The van der Waals surface area contributed by atoms with Crippen molar-refractivity contribution in [1.82, 2.24) is 0 Å². The van der Waals surface area contributed by atoms with Crippen LogP contribution in [0, 0.1) is 0 Å². The van der Waals surface area contributed by atoms with E-state index in [2.05, 4.69) is 30.5 Å². The second kappa shape index (κ2) is 7.92. The van der Waals surface area contributed by atoms with E-state index in [4.69, 9.17) is 9.47 Å². The fourth-order valence-electron chi connectivity index (χ4n) is 3.61. The third-order valence-corrected chi connectivity index (χ3v) is 5.02. The molecule has 2 aromatic carbocycles. The molecule has 1 aliphatic heterocycles. The molecular weight excluding hydrogens is 356 g/mol. The van der Waals surface area contributed by atoms with Crippen molar-refractivity contribution in [2.75, 3.05) is 24.9 Å². The molecule has 1 atom stereocenters. The predicted molar refractivity (Wildman–Crippen MR) is 109 cm³/mol. The molecule has 148 valence electrons. The maximum atomic E-state index is 12.4. The number of methoxy groups -OCH3 is 2. The van der Waals surface area contributed by atoms with E-state index in [1.54, 1.807) is 13.2 Å². The van der Waals surface area contributed by atoms with E-state index in [0.29, 0.717) is 29.5 Å². The van der Waals surface area contributed by atoms with E-state index in [0.717, 1.165) is 16.9 Å². The van der Waals surface area contributed by atoms with E-state index in [1.807, 2.05) is 18.2 Å². The second-order valence-electron chi connectivity index (χ2n) is 7.28. The standard InChI is InChI=1S/C22H26N2O4/c1-12(2)14-6-7-20(27-4)17(8-14)15-10-22(26)24-18-11-21(28-5)19(9-16(15)18)23-13(3)25/h6-9,11-12,15H,10H2,1-5H3,(H,23,25)(H,24,26)/t15-/m1/s1. The summed E-state index contributed by atoms with van der Waals surface area (Å²) in [6.07, 6.45) is 0.302. The highest BCUT2D eigenvalue weighted by Crippen LogP contribution is 2.45. The van der Waals surface area contributed by atoms with E-state index < -0.39 is 0 Å². The lowest BCUT2D eigenvalue weighted by Crippen LogP contribution is -2.24. The molecule has 2 aromatic rings. The Morgan fingerprint density at radius 2 is 1.82 bits per heavy atom. The van der Waals surface area contributed by atoms with Crippen LogP contribution in [-0.2, 0) is 9.59 Å². The molecule has 6 nitrogen and oxygen atoms in total. The molecule has 0 saturated heterocycles. The van der Waals surface area contributed by atoms with Gasteiger partial charge in [0.05, 0.1) is 19.9 Å². The van der Waals surface area contributed by atoms with Crippen molar-refractivity contribution in [2.45, 2.75) is 39.0 Å². The molecule has 2 amide bonds. The number of anilines is 2. The third-order valence-electron chi connectivity index (χ3n) is 5.02. The SMILES string of the molecule is COc1cc2c(cc1NC(C)=O)[C@H](c1cc(C(C)C)ccc1OC)CC(=O)N2. The fraction of sp³-hybridized carbons (Fsp3) is 0.364. The van der Waals surface area contributed by atoms with Gasteiger partial charge in [-0.05, 0) is 29.2 Å². The Kier molecular flexibility index (Phi) is 5.58. The Bertz CT molecular complexity index is 921. The molecule has 1 heterocycles. The van der Waals surface area contributed by atoms with Gasteiger partial charge in [-0.1, -0.05) is 26.0 Å². The van der Waals surface area contributed by atoms with Crippen LogP contribution < -0.4 is 20.1 Å². The largest absolute Gasteiger partial charge is 0.496 e. The average Bonchev–Trinajstić information content (AvgIpc) is 2.66. The van der Waals surface area contributed by atoms with Gasteiger partial charge in [0, 0.05) is 36.6 Å². The quantitative estimate of drug-likeness (QED) is 0.810.